The van der Waals surface area contributed by atoms with Crippen molar-refractivity contribution in [2.75, 3.05) is 38.6 Å². The number of ether oxygens (including phenoxy) is 1. The van der Waals surface area contributed by atoms with Crippen molar-refractivity contribution in [3.8, 4) is 0 Å². The molecule has 2 unspecified atom stereocenters. The second-order valence-electron chi connectivity index (χ2n) is 5.05. The van der Waals surface area contributed by atoms with Gasteiger partial charge in [-0.15, -0.1) is 0 Å². The molecule has 2 N–H and O–H groups in total. The summed E-state index contributed by atoms with van der Waals surface area (Å²) < 4.78 is 31.4. The van der Waals surface area contributed by atoms with Gasteiger partial charge in [0, 0.05) is 13.2 Å². The van der Waals surface area contributed by atoms with Crippen molar-refractivity contribution in [3.63, 3.8) is 0 Å². The van der Waals surface area contributed by atoms with Crippen LogP contribution in [0.5, 0.6) is 0 Å². The highest BCUT2D eigenvalue weighted by atomic mass is 32.2. The average Bonchev–Trinajstić information content (AvgIpc) is 2.89. The molecular formula is C11H22N2O3S. The van der Waals surface area contributed by atoms with Gasteiger partial charge in [-0.25, -0.2) is 13.1 Å². The molecule has 0 aliphatic carbocycles. The van der Waals surface area contributed by atoms with Crippen molar-refractivity contribution in [2.24, 2.45) is 11.8 Å². The molecule has 0 aromatic heterocycles. The fourth-order valence-corrected chi connectivity index (χ4v) is 3.89. The van der Waals surface area contributed by atoms with E-state index in [1.165, 1.54) is 0 Å². The largest absolute Gasteiger partial charge is 0.381 e. The summed E-state index contributed by atoms with van der Waals surface area (Å²) >= 11 is 0. The van der Waals surface area contributed by atoms with Crippen LogP contribution in [0.15, 0.2) is 0 Å². The molecule has 0 bridgehead atoms. The third-order valence-electron chi connectivity index (χ3n) is 3.52. The first kappa shape index (κ1) is 13.3. The van der Waals surface area contributed by atoms with Crippen molar-refractivity contribution >= 4 is 10.0 Å². The fraction of sp³-hybridized carbons (Fsp3) is 1.00. The van der Waals surface area contributed by atoms with E-state index in [0.717, 1.165) is 32.4 Å². The Morgan fingerprint density at radius 3 is 2.82 bits per heavy atom. The van der Waals surface area contributed by atoms with E-state index in [0.29, 0.717) is 25.7 Å². The van der Waals surface area contributed by atoms with E-state index >= 15 is 0 Å². The van der Waals surface area contributed by atoms with E-state index in [2.05, 4.69) is 10.0 Å². The molecule has 5 nitrogen and oxygen atoms in total. The molecule has 0 amide bonds. The summed E-state index contributed by atoms with van der Waals surface area (Å²) in [7, 11) is -3.11. The second-order valence-corrected chi connectivity index (χ2v) is 6.90. The molecule has 2 rings (SSSR count). The van der Waals surface area contributed by atoms with Gasteiger partial charge in [0.05, 0.1) is 12.4 Å². The molecule has 0 spiro atoms. The lowest BCUT2D eigenvalue weighted by Gasteiger charge is -2.12. The summed E-state index contributed by atoms with van der Waals surface area (Å²) in [4.78, 5) is 0. The van der Waals surface area contributed by atoms with Gasteiger partial charge in [-0.1, -0.05) is 0 Å². The first-order valence-electron chi connectivity index (χ1n) is 6.41. The van der Waals surface area contributed by atoms with E-state index in [-0.39, 0.29) is 11.7 Å². The van der Waals surface area contributed by atoms with Crippen LogP contribution in [-0.4, -0.2) is 47.0 Å². The second kappa shape index (κ2) is 6.13. The number of hydrogen-bond donors (Lipinski definition) is 2. The third-order valence-corrected chi connectivity index (χ3v) is 5.07. The summed E-state index contributed by atoms with van der Waals surface area (Å²) in [6.45, 7) is 3.96. The Morgan fingerprint density at radius 2 is 2.18 bits per heavy atom. The van der Waals surface area contributed by atoms with E-state index in [4.69, 9.17) is 4.74 Å². The number of hydrogen-bond acceptors (Lipinski definition) is 4. The van der Waals surface area contributed by atoms with E-state index in [1.807, 2.05) is 0 Å². The summed E-state index contributed by atoms with van der Waals surface area (Å²) in [5, 5.41) is 3.28. The molecular weight excluding hydrogens is 240 g/mol. The highest BCUT2D eigenvalue weighted by Gasteiger charge is 2.23. The monoisotopic (exact) mass is 262 g/mol. The average molecular weight is 262 g/mol. The van der Waals surface area contributed by atoms with Crippen LogP contribution < -0.4 is 10.0 Å². The summed E-state index contributed by atoms with van der Waals surface area (Å²) in [5.41, 5.74) is 0. The van der Waals surface area contributed by atoms with Gasteiger partial charge in [0.15, 0.2) is 0 Å². The van der Waals surface area contributed by atoms with Crippen LogP contribution in [0.25, 0.3) is 0 Å². The van der Waals surface area contributed by atoms with Gasteiger partial charge in [-0.05, 0) is 44.2 Å². The predicted octanol–water partition coefficient (Wildman–Crippen LogP) is -0.0581. The van der Waals surface area contributed by atoms with Gasteiger partial charge in [-0.2, -0.15) is 0 Å². The number of nitrogens with one attached hydrogen (secondary N) is 2. The Hall–Kier alpha value is -0.170. The Labute approximate surface area is 103 Å². The maximum absolute atomic E-state index is 11.8. The van der Waals surface area contributed by atoms with Crippen molar-refractivity contribution in [3.05, 3.63) is 0 Å². The number of sulfonamides is 1. The normalized spacial score (nSPS) is 29.9. The lowest BCUT2D eigenvalue weighted by atomic mass is 10.1. The minimum absolute atomic E-state index is 0.181. The lowest BCUT2D eigenvalue weighted by molar-refractivity contribution is 0.188. The van der Waals surface area contributed by atoms with Crippen molar-refractivity contribution in [1.82, 2.24) is 10.0 Å². The van der Waals surface area contributed by atoms with Crippen LogP contribution in [0.3, 0.4) is 0 Å². The van der Waals surface area contributed by atoms with Crippen molar-refractivity contribution < 1.29 is 13.2 Å². The van der Waals surface area contributed by atoms with Gasteiger partial charge in [0.2, 0.25) is 10.0 Å². The molecule has 2 atom stereocenters. The highest BCUT2D eigenvalue weighted by molar-refractivity contribution is 7.89. The Balaban J connectivity index is 1.65. The standard InChI is InChI=1S/C11H22N2O3S/c14-17(15,9-11-3-6-16-8-11)13-5-2-10-1-4-12-7-10/h10-13H,1-9H2. The molecule has 0 saturated carbocycles. The smallest absolute Gasteiger partial charge is 0.211 e. The Bertz CT molecular complexity index is 320. The summed E-state index contributed by atoms with van der Waals surface area (Å²) in [6, 6.07) is 0. The van der Waals surface area contributed by atoms with Crippen LogP contribution in [0.4, 0.5) is 0 Å². The molecule has 0 aromatic rings. The van der Waals surface area contributed by atoms with Gasteiger partial charge >= 0.3 is 0 Å². The van der Waals surface area contributed by atoms with Gasteiger partial charge in [-0.3, -0.25) is 0 Å². The predicted molar refractivity (Wildman–Crippen MR) is 66.3 cm³/mol. The fourth-order valence-electron chi connectivity index (χ4n) is 2.46. The molecule has 6 heteroatoms. The maximum atomic E-state index is 11.8. The summed E-state index contributed by atoms with van der Waals surface area (Å²) in [5.74, 6) is 1.03. The Morgan fingerprint density at radius 1 is 1.29 bits per heavy atom. The van der Waals surface area contributed by atoms with E-state index in [9.17, 15) is 8.42 Å². The van der Waals surface area contributed by atoms with Gasteiger partial charge in [0.1, 0.15) is 0 Å². The number of rotatable bonds is 6. The molecule has 2 aliphatic heterocycles. The topological polar surface area (TPSA) is 67.4 Å². The SMILES string of the molecule is O=S(=O)(CC1CCOC1)NCCC1CCNC1. The minimum Gasteiger partial charge on any atom is -0.381 e. The highest BCUT2D eigenvalue weighted by Crippen LogP contribution is 2.15. The third kappa shape index (κ3) is 4.54. The van der Waals surface area contributed by atoms with Crippen LogP contribution in [-0.2, 0) is 14.8 Å². The zero-order valence-corrected chi connectivity index (χ0v) is 11.0. The zero-order valence-electron chi connectivity index (χ0n) is 10.2. The molecule has 2 saturated heterocycles. The lowest BCUT2D eigenvalue weighted by Crippen LogP contribution is -2.31. The molecule has 2 fully saturated rings. The van der Waals surface area contributed by atoms with Crippen molar-refractivity contribution in [2.45, 2.75) is 19.3 Å². The van der Waals surface area contributed by atoms with E-state index < -0.39 is 10.0 Å². The molecule has 2 aliphatic rings. The van der Waals surface area contributed by atoms with Crippen LogP contribution in [0, 0.1) is 11.8 Å². The van der Waals surface area contributed by atoms with E-state index in [1.54, 1.807) is 0 Å². The Kier molecular flexibility index (Phi) is 4.78. The van der Waals surface area contributed by atoms with Crippen LogP contribution in [0.2, 0.25) is 0 Å². The van der Waals surface area contributed by atoms with Crippen LogP contribution in [0.1, 0.15) is 19.3 Å². The first-order valence-corrected chi connectivity index (χ1v) is 8.07. The van der Waals surface area contributed by atoms with Crippen molar-refractivity contribution in [1.29, 1.82) is 0 Å². The minimum atomic E-state index is -3.11. The molecule has 2 heterocycles. The quantitative estimate of drug-likeness (QED) is 0.704. The maximum Gasteiger partial charge on any atom is 0.211 e. The molecule has 100 valence electrons. The zero-order chi connectivity index (χ0) is 12.1. The molecule has 17 heavy (non-hydrogen) atoms. The van der Waals surface area contributed by atoms with Crippen LogP contribution >= 0.6 is 0 Å². The summed E-state index contributed by atoms with van der Waals surface area (Å²) in [6.07, 6.45) is 2.97. The molecule has 0 aromatic carbocycles. The van der Waals surface area contributed by atoms with Gasteiger partial charge in [0.25, 0.3) is 0 Å². The first-order chi connectivity index (χ1) is 8.16. The molecule has 0 radical (unpaired) electrons. The van der Waals surface area contributed by atoms with Gasteiger partial charge < -0.3 is 10.1 Å².